The summed E-state index contributed by atoms with van der Waals surface area (Å²) in [6.45, 7) is 8.43. The predicted molar refractivity (Wildman–Crippen MR) is 125 cm³/mol. The fourth-order valence-electron chi connectivity index (χ4n) is 3.58. The van der Waals surface area contributed by atoms with Crippen molar-refractivity contribution in [2.24, 2.45) is 4.99 Å². The van der Waals surface area contributed by atoms with Crippen molar-refractivity contribution in [2.45, 2.75) is 44.4 Å². The van der Waals surface area contributed by atoms with Crippen molar-refractivity contribution in [3.63, 3.8) is 0 Å². The standard InChI is InChI=1S/C20H32N4S.HI/c1-2-21-20(23-15-19-9-5-14-25-19)22-11-6-12-24-13-10-17-7-3-4-8-18(17)16-24;/h3-4,7-8,19H,2,5-6,9-16H2,1H3,(H2,21,22,23);1H. The molecule has 1 aromatic carbocycles. The van der Waals surface area contributed by atoms with Gasteiger partial charge in [0.2, 0.25) is 0 Å². The van der Waals surface area contributed by atoms with Crippen LogP contribution >= 0.6 is 35.7 Å². The van der Waals surface area contributed by atoms with Gasteiger partial charge in [-0.2, -0.15) is 11.8 Å². The maximum atomic E-state index is 4.77. The maximum absolute atomic E-state index is 4.77. The maximum Gasteiger partial charge on any atom is 0.191 e. The minimum atomic E-state index is 0. The van der Waals surface area contributed by atoms with Gasteiger partial charge in [-0.05, 0) is 49.5 Å². The Morgan fingerprint density at radius 1 is 1.27 bits per heavy atom. The number of hydrogen-bond acceptors (Lipinski definition) is 3. The Bertz CT molecular complexity index is 560. The van der Waals surface area contributed by atoms with Crippen molar-refractivity contribution in [3.8, 4) is 0 Å². The Morgan fingerprint density at radius 3 is 2.88 bits per heavy atom. The van der Waals surface area contributed by atoms with Crippen LogP contribution in [0, 0.1) is 0 Å². The molecule has 0 radical (unpaired) electrons. The molecule has 2 aliphatic heterocycles. The number of rotatable bonds is 7. The van der Waals surface area contributed by atoms with Crippen LogP contribution < -0.4 is 10.6 Å². The van der Waals surface area contributed by atoms with E-state index >= 15 is 0 Å². The summed E-state index contributed by atoms with van der Waals surface area (Å²) < 4.78 is 0. The highest BCUT2D eigenvalue weighted by atomic mass is 127. The van der Waals surface area contributed by atoms with Crippen LogP contribution in [0.3, 0.4) is 0 Å². The molecule has 2 heterocycles. The van der Waals surface area contributed by atoms with E-state index in [1.807, 2.05) is 0 Å². The molecular formula is C20H33IN4S. The lowest BCUT2D eigenvalue weighted by atomic mass is 10.00. The van der Waals surface area contributed by atoms with Crippen LogP contribution in [0.5, 0.6) is 0 Å². The number of nitrogens with one attached hydrogen (secondary N) is 2. The molecule has 2 N–H and O–H groups in total. The molecule has 0 saturated carbocycles. The molecule has 0 bridgehead atoms. The van der Waals surface area contributed by atoms with E-state index in [9.17, 15) is 0 Å². The Labute approximate surface area is 180 Å². The first-order valence-corrected chi connectivity index (χ1v) is 10.8. The number of aliphatic imine (C=N–C) groups is 1. The smallest absolute Gasteiger partial charge is 0.191 e. The lowest BCUT2D eigenvalue weighted by molar-refractivity contribution is 0.251. The Morgan fingerprint density at radius 2 is 2.12 bits per heavy atom. The van der Waals surface area contributed by atoms with Gasteiger partial charge < -0.3 is 10.6 Å². The highest BCUT2D eigenvalue weighted by molar-refractivity contribution is 14.0. The first-order valence-electron chi connectivity index (χ1n) is 9.78. The topological polar surface area (TPSA) is 39.7 Å². The predicted octanol–water partition coefficient (Wildman–Crippen LogP) is 3.50. The molecule has 4 nitrogen and oxygen atoms in total. The van der Waals surface area contributed by atoms with Crippen molar-refractivity contribution in [1.29, 1.82) is 0 Å². The molecule has 0 aromatic heterocycles. The summed E-state index contributed by atoms with van der Waals surface area (Å²) in [4.78, 5) is 7.34. The molecular weight excluding hydrogens is 455 g/mol. The van der Waals surface area contributed by atoms with Crippen LogP contribution in [-0.2, 0) is 13.0 Å². The second kappa shape index (κ2) is 12.1. The third-order valence-corrected chi connectivity index (χ3v) is 6.36. The van der Waals surface area contributed by atoms with Gasteiger partial charge >= 0.3 is 0 Å². The van der Waals surface area contributed by atoms with Crippen molar-refractivity contribution in [2.75, 3.05) is 38.5 Å². The fourth-order valence-corrected chi connectivity index (χ4v) is 4.76. The molecule has 1 unspecified atom stereocenters. The van der Waals surface area contributed by atoms with E-state index in [0.717, 1.165) is 50.4 Å². The Hall–Kier alpha value is -0.470. The monoisotopic (exact) mass is 488 g/mol. The number of fused-ring (bicyclic) bond motifs is 1. The molecule has 0 spiro atoms. The highest BCUT2D eigenvalue weighted by Crippen LogP contribution is 2.26. The van der Waals surface area contributed by atoms with Crippen LogP contribution in [0.2, 0.25) is 0 Å². The zero-order chi connectivity index (χ0) is 17.3. The summed E-state index contributed by atoms with van der Waals surface area (Å²) in [5, 5.41) is 7.61. The second-order valence-electron chi connectivity index (χ2n) is 6.93. The van der Waals surface area contributed by atoms with Gasteiger partial charge in [0.15, 0.2) is 5.96 Å². The van der Waals surface area contributed by atoms with Crippen molar-refractivity contribution in [1.82, 2.24) is 15.5 Å². The number of halogens is 1. The van der Waals surface area contributed by atoms with Gasteiger partial charge in [0.05, 0.1) is 6.54 Å². The highest BCUT2D eigenvalue weighted by Gasteiger charge is 2.16. The van der Waals surface area contributed by atoms with Gasteiger partial charge in [-0.1, -0.05) is 24.3 Å². The van der Waals surface area contributed by atoms with Crippen LogP contribution in [0.25, 0.3) is 0 Å². The average molecular weight is 488 g/mol. The minimum Gasteiger partial charge on any atom is -0.357 e. The SMILES string of the molecule is CCNC(=NCC1CCCS1)NCCCN1CCc2ccccc2C1.I. The molecule has 3 rings (SSSR count). The zero-order valence-electron chi connectivity index (χ0n) is 15.9. The molecule has 0 aliphatic carbocycles. The van der Waals surface area contributed by atoms with Crippen molar-refractivity contribution >= 4 is 41.7 Å². The van der Waals surface area contributed by atoms with E-state index in [1.165, 1.54) is 42.7 Å². The molecule has 1 aromatic rings. The first-order chi connectivity index (χ1) is 12.3. The lowest BCUT2D eigenvalue weighted by Gasteiger charge is -2.28. The molecule has 1 atom stereocenters. The number of benzene rings is 1. The van der Waals surface area contributed by atoms with Gasteiger partial charge in [-0.15, -0.1) is 24.0 Å². The van der Waals surface area contributed by atoms with Crippen molar-refractivity contribution < 1.29 is 0 Å². The molecule has 26 heavy (non-hydrogen) atoms. The second-order valence-corrected chi connectivity index (χ2v) is 8.34. The largest absolute Gasteiger partial charge is 0.357 e. The lowest BCUT2D eigenvalue weighted by Crippen LogP contribution is -2.39. The van der Waals surface area contributed by atoms with Crippen molar-refractivity contribution in [3.05, 3.63) is 35.4 Å². The third-order valence-electron chi connectivity index (χ3n) is 4.97. The third kappa shape index (κ3) is 6.93. The van der Waals surface area contributed by atoms with Gasteiger partial charge in [0.25, 0.3) is 0 Å². The van der Waals surface area contributed by atoms with Crippen LogP contribution in [0.15, 0.2) is 29.3 Å². The zero-order valence-corrected chi connectivity index (χ0v) is 19.0. The molecule has 1 saturated heterocycles. The summed E-state index contributed by atoms with van der Waals surface area (Å²) in [7, 11) is 0. The molecule has 1 fully saturated rings. The molecule has 146 valence electrons. The number of hydrogen-bond donors (Lipinski definition) is 2. The van der Waals surface area contributed by atoms with E-state index in [2.05, 4.69) is 58.5 Å². The average Bonchev–Trinajstić information content (AvgIpc) is 3.16. The van der Waals surface area contributed by atoms with Gasteiger partial charge in [0, 0.05) is 38.0 Å². The van der Waals surface area contributed by atoms with Gasteiger partial charge in [-0.3, -0.25) is 9.89 Å². The molecule has 6 heteroatoms. The molecule has 0 amide bonds. The summed E-state index contributed by atoms with van der Waals surface area (Å²) in [5.74, 6) is 2.29. The number of guanidine groups is 1. The number of nitrogens with zero attached hydrogens (tertiary/aromatic N) is 2. The molecule has 2 aliphatic rings. The van der Waals surface area contributed by atoms with E-state index in [0.29, 0.717) is 0 Å². The summed E-state index contributed by atoms with van der Waals surface area (Å²) >= 11 is 2.07. The van der Waals surface area contributed by atoms with Crippen LogP contribution in [0.1, 0.15) is 37.3 Å². The van der Waals surface area contributed by atoms with Gasteiger partial charge in [-0.25, -0.2) is 0 Å². The summed E-state index contributed by atoms with van der Waals surface area (Å²) in [5.41, 5.74) is 3.04. The van der Waals surface area contributed by atoms with E-state index in [1.54, 1.807) is 0 Å². The van der Waals surface area contributed by atoms with E-state index < -0.39 is 0 Å². The summed E-state index contributed by atoms with van der Waals surface area (Å²) in [6, 6.07) is 8.86. The Balaban J connectivity index is 0.00000243. The van der Waals surface area contributed by atoms with Crippen LogP contribution in [-0.4, -0.2) is 54.6 Å². The van der Waals surface area contributed by atoms with E-state index in [-0.39, 0.29) is 24.0 Å². The fraction of sp³-hybridized carbons (Fsp3) is 0.650. The summed E-state index contributed by atoms with van der Waals surface area (Å²) in [6.07, 6.45) is 5.02. The van der Waals surface area contributed by atoms with Gasteiger partial charge in [0.1, 0.15) is 0 Å². The quantitative estimate of drug-likeness (QED) is 0.267. The normalized spacial score (nSPS) is 20.3. The van der Waals surface area contributed by atoms with Crippen LogP contribution in [0.4, 0.5) is 0 Å². The van der Waals surface area contributed by atoms with E-state index in [4.69, 9.17) is 4.99 Å². The number of thioether (sulfide) groups is 1. The Kier molecular flexibility index (Phi) is 10.1. The first kappa shape index (κ1) is 21.8. The minimum absolute atomic E-state index is 0.